The van der Waals surface area contributed by atoms with Crippen LogP contribution >= 0.6 is 0 Å². The van der Waals surface area contributed by atoms with Gasteiger partial charge in [0.1, 0.15) is 11.6 Å². The molecule has 0 saturated carbocycles. The van der Waals surface area contributed by atoms with E-state index in [-0.39, 0.29) is 49.1 Å². The largest absolute Gasteiger partial charge is 0.462 e. The van der Waals surface area contributed by atoms with E-state index in [1.165, 1.54) is 36.7 Å². The number of nitrogens with zero attached hydrogens (tertiary/aromatic N) is 8. The summed E-state index contributed by atoms with van der Waals surface area (Å²) in [5.41, 5.74) is 8.59. The summed E-state index contributed by atoms with van der Waals surface area (Å²) < 4.78 is 31.7. The van der Waals surface area contributed by atoms with Crippen LogP contribution in [-0.2, 0) is 17.8 Å². The number of carbonyl (C=O) groups excluding carboxylic acids is 4. The van der Waals surface area contributed by atoms with Gasteiger partial charge in [-0.15, -0.1) is 0 Å². The highest BCUT2D eigenvalue weighted by molar-refractivity contribution is 5.97. The molecule has 0 unspecified atom stereocenters. The summed E-state index contributed by atoms with van der Waals surface area (Å²) in [6, 6.07) is 18.0. The molecular formula is C41H49F2N9O5. The van der Waals surface area contributed by atoms with Gasteiger partial charge in [-0.1, -0.05) is 0 Å². The maximum absolute atomic E-state index is 13.4. The second kappa shape index (κ2) is 20.4. The van der Waals surface area contributed by atoms with Crippen molar-refractivity contribution in [3.63, 3.8) is 0 Å². The molecule has 4 heterocycles. The highest BCUT2D eigenvalue weighted by Gasteiger charge is 2.27. The molecule has 4 aromatic rings. The van der Waals surface area contributed by atoms with E-state index >= 15 is 0 Å². The van der Waals surface area contributed by atoms with E-state index in [0.29, 0.717) is 66.7 Å². The molecule has 2 aliphatic heterocycles. The number of rotatable bonds is 10. The number of carbonyl (C=O) groups is 4. The molecule has 4 amide bonds. The Labute approximate surface area is 331 Å². The Kier molecular flexibility index (Phi) is 15.1. The first kappa shape index (κ1) is 42.3. The number of aromatic nitrogens is 2. The lowest BCUT2D eigenvalue weighted by molar-refractivity contribution is 0.0525. The van der Waals surface area contributed by atoms with Crippen LogP contribution in [0.5, 0.6) is 0 Å². The fourth-order valence-corrected chi connectivity index (χ4v) is 6.10. The smallest absolute Gasteiger partial charge is 0.339 e. The zero-order valence-electron chi connectivity index (χ0n) is 32.5. The van der Waals surface area contributed by atoms with E-state index in [0.717, 1.165) is 26.2 Å². The third-order valence-corrected chi connectivity index (χ3v) is 9.59. The van der Waals surface area contributed by atoms with Gasteiger partial charge in [-0.25, -0.2) is 23.2 Å². The van der Waals surface area contributed by atoms with Gasteiger partial charge in [-0.05, 0) is 93.8 Å². The van der Waals surface area contributed by atoms with Gasteiger partial charge in [0.15, 0.2) is 5.78 Å². The molecule has 2 aromatic heterocycles. The molecule has 0 atom stereocenters. The van der Waals surface area contributed by atoms with E-state index in [2.05, 4.69) is 19.8 Å². The first-order chi connectivity index (χ1) is 27.4. The number of hydrogen-bond donors (Lipinski definition) is 1. The van der Waals surface area contributed by atoms with Crippen LogP contribution in [0.4, 0.5) is 29.7 Å². The summed E-state index contributed by atoms with van der Waals surface area (Å²) in [4.78, 5) is 69.5. The number of benzene rings is 2. The van der Waals surface area contributed by atoms with Crippen molar-refractivity contribution in [1.29, 1.82) is 0 Å². The molecule has 0 radical (unpaired) electrons. The number of ether oxygens (including phenoxy) is 1. The molecule has 2 aliphatic rings. The van der Waals surface area contributed by atoms with E-state index in [1.54, 1.807) is 75.1 Å². The average Bonchev–Trinajstić information content (AvgIpc) is 3.23. The van der Waals surface area contributed by atoms with Gasteiger partial charge in [-0.3, -0.25) is 24.6 Å². The minimum atomic E-state index is -0.435. The van der Waals surface area contributed by atoms with Crippen molar-refractivity contribution in [1.82, 2.24) is 29.6 Å². The molecule has 0 aliphatic carbocycles. The number of amides is 4. The second-order valence-electron chi connectivity index (χ2n) is 13.7. The van der Waals surface area contributed by atoms with Crippen LogP contribution in [0.15, 0.2) is 85.2 Å². The molecule has 16 heteroatoms. The Hall–Kier alpha value is -5.84. The number of nitrogens with two attached hydrogens (primary N) is 1. The predicted octanol–water partition coefficient (Wildman–Crippen LogP) is 4.51. The molecule has 2 fully saturated rings. The number of likely N-dealkylation sites (N-methyl/N-ethyl adjacent to an activating group) is 2. The van der Waals surface area contributed by atoms with Crippen LogP contribution in [0, 0.1) is 11.6 Å². The van der Waals surface area contributed by atoms with Crippen molar-refractivity contribution in [2.75, 3.05) is 89.4 Å². The monoisotopic (exact) mass is 785 g/mol. The van der Waals surface area contributed by atoms with Crippen LogP contribution in [0.25, 0.3) is 0 Å². The minimum absolute atomic E-state index is 0.0787. The maximum atomic E-state index is 13.4. The normalized spacial score (nSPS) is 14.6. The highest BCUT2D eigenvalue weighted by atomic mass is 19.1. The van der Waals surface area contributed by atoms with Crippen molar-refractivity contribution in [3.05, 3.63) is 119 Å². The lowest BCUT2D eigenvalue weighted by Gasteiger charge is -2.36. The Balaban J connectivity index is 0.000000218. The number of urea groups is 2. The van der Waals surface area contributed by atoms with Crippen molar-refractivity contribution in [2.45, 2.75) is 20.0 Å². The number of piperazine rings is 2. The summed E-state index contributed by atoms with van der Waals surface area (Å²) in [5.74, 6) is -1.35. The second-order valence-corrected chi connectivity index (χ2v) is 13.7. The molecule has 57 heavy (non-hydrogen) atoms. The summed E-state index contributed by atoms with van der Waals surface area (Å²) >= 11 is 0. The Bertz CT molecular complexity index is 1940. The Morgan fingerprint density at radius 2 is 1.04 bits per heavy atom. The third-order valence-electron chi connectivity index (χ3n) is 9.59. The molecule has 0 spiro atoms. The van der Waals surface area contributed by atoms with Crippen LogP contribution < -0.4 is 15.5 Å². The quantitative estimate of drug-likeness (QED) is 0.180. The van der Waals surface area contributed by atoms with E-state index < -0.39 is 5.97 Å². The van der Waals surface area contributed by atoms with Gasteiger partial charge in [0.25, 0.3) is 0 Å². The number of ketones is 1. The average molecular weight is 786 g/mol. The Morgan fingerprint density at radius 1 is 0.632 bits per heavy atom. The molecule has 0 bridgehead atoms. The first-order valence-electron chi connectivity index (χ1n) is 18.8. The SMILES string of the molecule is CCOC(=O)c1ccc(CN(C(=O)N2CCN(C)CC2)c2ccc(F)cc2)nc1.CN1CCN(C(=O)N(Cc2ccc(C(=O)CN)cn2)c2ccc(F)cc2)CC1. The van der Waals surface area contributed by atoms with Crippen LogP contribution in [-0.4, -0.2) is 133 Å². The zero-order chi connectivity index (χ0) is 40.9. The third kappa shape index (κ3) is 11.8. The molecule has 2 saturated heterocycles. The van der Waals surface area contributed by atoms with Gasteiger partial charge in [0, 0.05) is 81.7 Å². The van der Waals surface area contributed by atoms with Crippen molar-refractivity contribution in [2.24, 2.45) is 5.73 Å². The zero-order valence-corrected chi connectivity index (χ0v) is 32.5. The molecule has 14 nitrogen and oxygen atoms in total. The topological polar surface area (TPSA) is 149 Å². The number of pyridine rings is 2. The number of esters is 1. The van der Waals surface area contributed by atoms with Gasteiger partial charge in [0.2, 0.25) is 0 Å². The molecule has 2 aromatic carbocycles. The standard InChI is InChI=1S/C21H25FN4O3.C20H24FN5O2/c1-3-29-20(27)16-4-7-18(23-14-16)15-26(19-8-5-17(22)6-9-19)21(28)25-12-10-24(2)11-13-25;1-24-8-10-25(11-9-24)20(28)26(18-6-3-16(21)4-7-18)14-17-5-2-15(13-23-17)19(27)12-22/h4-9,14H,3,10-13,15H2,1-2H3;2-7,13H,8-12,14,22H2,1H3. The van der Waals surface area contributed by atoms with Crippen molar-refractivity contribution in [3.8, 4) is 0 Å². The molecule has 302 valence electrons. The lowest BCUT2D eigenvalue weighted by Crippen LogP contribution is -2.52. The van der Waals surface area contributed by atoms with Crippen LogP contribution in [0.2, 0.25) is 0 Å². The number of Topliss-reactive ketones (excluding diaryl/α,β-unsaturated/α-hetero) is 1. The van der Waals surface area contributed by atoms with Gasteiger partial charge in [-0.2, -0.15) is 0 Å². The van der Waals surface area contributed by atoms with Crippen molar-refractivity contribution >= 4 is 35.2 Å². The highest BCUT2D eigenvalue weighted by Crippen LogP contribution is 2.22. The summed E-state index contributed by atoms with van der Waals surface area (Å²) in [5, 5.41) is 0. The maximum Gasteiger partial charge on any atom is 0.339 e. The van der Waals surface area contributed by atoms with Gasteiger partial charge < -0.3 is 30.1 Å². The summed E-state index contributed by atoms with van der Waals surface area (Å²) in [7, 11) is 4.04. The van der Waals surface area contributed by atoms with Gasteiger partial charge in [0.05, 0.1) is 43.2 Å². The summed E-state index contributed by atoms with van der Waals surface area (Å²) in [6.45, 7) is 8.10. The molecule has 6 rings (SSSR count). The van der Waals surface area contributed by atoms with Gasteiger partial charge >= 0.3 is 18.0 Å². The predicted molar refractivity (Wildman–Crippen MR) is 212 cm³/mol. The fourth-order valence-electron chi connectivity index (χ4n) is 6.10. The minimum Gasteiger partial charge on any atom is -0.462 e. The Morgan fingerprint density at radius 3 is 1.39 bits per heavy atom. The van der Waals surface area contributed by atoms with Crippen LogP contribution in [0.3, 0.4) is 0 Å². The first-order valence-corrected chi connectivity index (χ1v) is 18.8. The van der Waals surface area contributed by atoms with Crippen molar-refractivity contribution < 1.29 is 32.7 Å². The number of anilines is 2. The van der Waals surface area contributed by atoms with E-state index in [1.807, 2.05) is 14.1 Å². The lowest BCUT2D eigenvalue weighted by atomic mass is 10.1. The fraction of sp³-hybridized carbons (Fsp3) is 0.366. The summed E-state index contributed by atoms with van der Waals surface area (Å²) in [6.07, 6.45) is 2.91. The van der Waals surface area contributed by atoms with E-state index in [9.17, 15) is 28.0 Å². The number of hydrogen-bond acceptors (Lipinski definition) is 10. The number of halogens is 2. The molecule has 2 N–H and O–H groups in total. The van der Waals surface area contributed by atoms with Crippen LogP contribution in [0.1, 0.15) is 39.0 Å². The molecular weight excluding hydrogens is 737 g/mol. The van der Waals surface area contributed by atoms with E-state index in [4.69, 9.17) is 10.5 Å².